The zero-order chi connectivity index (χ0) is 14.4. The molecule has 0 aliphatic rings. The molecule has 1 unspecified atom stereocenters. The molecule has 0 aromatic carbocycles. The van der Waals surface area contributed by atoms with E-state index in [1.165, 1.54) is 0 Å². The van der Waals surface area contributed by atoms with Crippen molar-refractivity contribution in [2.45, 2.75) is 39.7 Å². The zero-order valence-electron chi connectivity index (χ0n) is 11.6. The van der Waals surface area contributed by atoms with E-state index in [1.807, 2.05) is 13.8 Å². The molecule has 19 heavy (non-hydrogen) atoms. The largest absolute Gasteiger partial charge is 0.481 e. The lowest BCUT2D eigenvalue weighted by Gasteiger charge is -2.12. The van der Waals surface area contributed by atoms with E-state index in [9.17, 15) is 9.59 Å². The van der Waals surface area contributed by atoms with Gasteiger partial charge >= 0.3 is 5.97 Å². The van der Waals surface area contributed by atoms with Crippen LogP contribution in [0.1, 0.15) is 39.7 Å². The summed E-state index contributed by atoms with van der Waals surface area (Å²) < 4.78 is 1.61. The summed E-state index contributed by atoms with van der Waals surface area (Å²) in [5, 5.41) is 11.7. The van der Waals surface area contributed by atoms with Crippen LogP contribution in [-0.4, -0.2) is 27.2 Å². The van der Waals surface area contributed by atoms with Gasteiger partial charge in [-0.1, -0.05) is 6.92 Å². The molecule has 0 saturated heterocycles. The van der Waals surface area contributed by atoms with Crippen molar-refractivity contribution >= 4 is 11.8 Å². The maximum absolute atomic E-state index is 12.0. The molecule has 2 N–H and O–H groups in total. The average Bonchev–Trinajstić information content (AvgIpc) is 2.35. The van der Waals surface area contributed by atoms with Crippen molar-refractivity contribution in [2.75, 3.05) is 11.9 Å². The molecule has 0 amide bonds. The zero-order valence-corrected chi connectivity index (χ0v) is 11.6. The smallest absolute Gasteiger partial charge is 0.306 e. The Bertz CT molecular complexity index is 482. The van der Waals surface area contributed by atoms with Gasteiger partial charge in [0.05, 0.1) is 5.92 Å². The van der Waals surface area contributed by atoms with E-state index in [0.29, 0.717) is 25.2 Å². The molecule has 0 spiro atoms. The Balaban J connectivity index is 2.53. The summed E-state index contributed by atoms with van der Waals surface area (Å²) in [6.07, 6.45) is 4.51. The first kappa shape index (κ1) is 15.2. The number of nitrogens with one attached hydrogen (secondary N) is 1. The number of aliphatic carboxylic acids is 1. The summed E-state index contributed by atoms with van der Waals surface area (Å²) in [6, 6.07) is 0.0862. The monoisotopic (exact) mass is 267 g/mol. The molecule has 0 aliphatic heterocycles. The SMILES string of the molecule is CC(CCCNc1nccn(C(C)C)c1=O)C(=O)O. The first-order chi connectivity index (χ1) is 8.93. The van der Waals surface area contributed by atoms with Crippen molar-refractivity contribution in [3.63, 3.8) is 0 Å². The van der Waals surface area contributed by atoms with E-state index < -0.39 is 5.97 Å². The van der Waals surface area contributed by atoms with Gasteiger partial charge in [0.1, 0.15) is 0 Å². The lowest BCUT2D eigenvalue weighted by molar-refractivity contribution is -0.141. The molecule has 0 bridgehead atoms. The van der Waals surface area contributed by atoms with Crippen molar-refractivity contribution in [3.8, 4) is 0 Å². The predicted molar refractivity (Wildman–Crippen MR) is 73.4 cm³/mol. The van der Waals surface area contributed by atoms with Gasteiger partial charge in [0.25, 0.3) is 5.56 Å². The number of carboxylic acids is 1. The summed E-state index contributed by atoms with van der Waals surface area (Å²) in [6.45, 7) is 6.08. The molecule has 1 rings (SSSR count). The van der Waals surface area contributed by atoms with Gasteiger partial charge in [-0.05, 0) is 26.7 Å². The van der Waals surface area contributed by atoms with E-state index in [0.717, 1.165) is 0 Å². The molecular formula is C13H21N3O3. The number of hydrogen-bond donors (Lipinski definition) is 2. The third-order valence-electron chi connectivity index (χ3n) is 2.95. The number of nitrogens with zero attached hydrogens (tertiary/aromatic N) is 2. The molecule has 6 nitrogen and oxygen atoms in total. The second-order valence-corrected chi connectivity index (χ2v) is 4.89. The number of carboxylic acid groups (broad SMARTS) is 1. The molecule has 106 valence electrons. The van der Waals surface area contributed by atoms with E-state index in [-0.39, 0.29) is 17.5 Å². The lowest BCUT2D eigenvalue weighted by atomic mass is 10.1. The Labute approximate surface area is 112 Å². The van der Waals surface area contributed by atoms with Gasteiger partial charge in [0.2, 0.25) is 0 Å². The van der Waals surface area contributed by atoms with Gasteiger partial charge in [-0.25, -0.2) is 4.98 Å². The van der Waals surface area contributed by atoms with Gasteiger partial charge in [0.15, 0.2) is 5.82 Å². The van der Waals surface area contributed by atoms with Gasteiger partial charge < -0.3 is 15.0 Å². The van der Waals surface area contributed by atoms with Gasteiger partial charge in [-0.15, -0.1) is 0 Å². The van der Waals surface area contributed by atoms with Crippen molar-refractivity contribution in [3.05, 3.63) is 22.7 Å². The third kappa shape index (κ3) is 4.39. The molecule has 0 fully saturated rings. The number of aromatic nitrogens is 2. The second kappa shape index (κ2) is 6.92. The van der Waals surface area contributed by atoms with Gasteiger partial charge in [0, 0.05) is 25.0 Å². The van der Waals surface area contributed by atoms with Crippen LogP contribution >= 0.6 is 0 Å². The van der Waals surface area contributed by atoms with E-state index in [1.54, 1.807) is 23.9 Å². The fourth-order valence-electron chi connectivity index (χ4n) is 1.69. The second-order valence-electron chi connectivity index (χ2n) is 4.89. The minimum atomic E-state index is -0.792. The number of rotatable bonds is 7. The average molecular weight is 267 g/mol. The fraction of sp³-hybridized carbons (Fsp3) is 0.615. The van der Waals surface area contributed by atoms with Crippen molar-refractivity contribution in [2.24, 2.45) is 5.92 Å². The Morgan fingerprint density at radius 1 is 1.47 bits per heavy atom. The van der Waals surface area contributed by atoms with Gasteiger partial charge in [-0.2, -0.15) is 0 Å². The minimum Gasteiger partial charge on any atom is -0.481 e. The molecule has 0 radical (unpaired) electrons. The summed E-state index contributed by atoms with van der Waals surface area (Å²) >= 11 is 0. The molecule has 1 heterocycles. The van der Waals surface area contributed by atoms with Crippen LogP contribution in [0.25, 0.3) is 0 Å². The fourth-order valence-corrected chi connectivity index (χ4v) is 1.69. The van der Waals surface area contributed by atoms with Crippen LogP contribution in [0.3, 0.4) is 0 Å². The normalized spacial score (nSPS) is 12.4. The Hall–Kier alpha value is -1.85. The lowest BCUT2D eigenvalue weighted by Crippen LogP contribution is -2.26. The Kier molecular flexibility index (Phi) is 5.54. The van der Waals surface area contributed by atoms with Crippen LogP contribution in [-0.2, 0) is 4.79 Å². The van der Waals surface area contributed by atoms with Gasteiger partial charge in [-0.3, -0.25) is 9.59 Å². The van der Waals surface area contributed by atoms with Crippen molar-refractivity contribution in [1.29, 1.82) is 0 Å². The number of anilines is 1. The molecule has 0 aliphatic carbocycles. The topological polar surface area (TPSA) is 84.2 Å². The van der Waals surface area contributed by atoms with E-state index >= 15 is 0 Å². The predicted octanol–water partition coefficient (Wildman–Crippen LogP) is 1.74. The highest BCUT2D eigenvalue weighted by atomic mass is 16.4. The Morgan fingerprint density at radius 2 is 2.16 bits per heavy atom. The number of hydrogen-bond acceptors (Lipinski definition) is 4. The molecular weight excluding hydrogens is 246 g/mol. The quantitative estimate of drug-likeness (QED) is 0.735. The maximum atomic E-state index is 12.0. The number of carbonyl (C=O) groups is 1. The Morgan fingerprint density at radius 3 is 2.74 bits per heavy atom. The van der Waals surface area contributed by atoms with Crippen LogP contribution in [0.15, 0.2) is 17.2 Å². The van der Waals surface area contributed by atoms with Crippen LogP contribution in [0.5, 0.6) is 0 Å². The highest BCUT2D eigenvalue weighted by Crippen LogP contribution is 2.06. The van der Waals surface area contributed by atoms with Crippen LogP contribution in [0, 0.1) is 5.92 Å². The highest BCUT2D eigenvalue weighted by Gasteiger charge is 2.10. The highest BCUT2D eigenvalue weighted by molar-refractivity contribution is 5.69. The van der Waals surface area contributed by atoms with E-state index in [2.05, 4.69) is 10.3 Å². The molecule has 1 atom stereocenters. The third-order valence-corrected chi connectivity index (χ3v) is 2.95. The maximum Gasteiger partial charge on any atom is 0.306 e. The van der Waals surface area contributed by atoms with Crippen molar-refractivity contribution in [1.82, 2.24) is 9.55 Å². The summed E-state index contributed by atoms with van der Waals surface area (Å²) in [7, 11) is 0. The first-order valence-corrected chi connectivity index (χ1v) is 6.47. The summed E-state index contributed by atoms with van der Waals surface area (Å²) in [4.78, 5) is 26.7. The molecule has 0 saturated carbocycles. The van der Waals surface area contributed by atoms with E-state index in [4.69, 9.17) is 5.11 Å². The molecule has 6 heteroatoms. The first-order valence-electron chi connectivity index (χ1n) is 6.47. The summed E-state index contributed by atoms with van der Waals surface area (Å²) in [5.74, 6) is -0.836. The van der Waals surface area contributed by atoms with Crippen LogP contribution in [0.2, 0.25) is 0 Å². The minimum absolute atomic E-state index is 0.0862. The molecule has 1 aromatic rings. The standard InChI is InChI=1S/C13H21N3O3/c1-9(2)16-8-7-15-11(12(16)17)14-6-4-5-10(3)13(18)19/h7-10H,4-6H2,1-3H3,(H,14,15)(H,18,19). The van der Waals surface area contributed by atoms with Crippen LogP contribution in [0.4, 0.5) is 5.82 Å². The van der Waals surface area contributed by atoms with Crippen molar-refractivity contribution < 1.29 is 9.90 Å². The van der Waals surface area contributed by atoms with Crippen LogP contribution < -0.4 is 10.9 Å². The molecule has 1 aromatic heterocycles. The summed E-state index contributed by atoms with van der Waals surface area (Å²) in [5.41, 5.74) is -0.149.